The lowest BCUT2D eigenvalue weighted by atomic mass is 10.2. The normalized spacial score (nSPS) is 10.5. The van der Waals surface area contributed by atoms with Crippen LogP contribution in [0.3, 0.4) is 0 Å². The van der Waals surface area contributed by atoms with Crippen molar-refractivity contribution < 1.29 is 14.0 Å². The zero-order chi connectivity index (χ0) is 13.7. The molecule has 0 aliphatic rings. The van der Waals surface area contributed by atoms with Crippen LogP contribution in [0.5, 0.6) is 11.5 Å². The van der Waals surface area contributed by atoms with Crippen molar-refractivity contribution in [1.82, 2.24) is 10.5 Å². The first-order valence-electron chi connectivity index (χ1n) is 5.75. The zero-order valence-electron chi connectivity index (χ0n) is 10.8. The van der Waals surface area contributed by atoms with Crippen molar-refractivity contribution in [2.24, 2.45) is 0 Å². The van der Waals surface area contributed by atoms with Gasteiger partial charge in [0.2, 0.25) is 0 Å². The number of hydrogen-bond donors (Lipinski definition) is 1. The van der Waals surface area contributed by atoms with Gasteiger partial charge in [-0.1, -0.05) is 16.8 Å². The molecule has 1 aromatic carbocycles. The van der Waals surface area contributed by atoms with Crippen LogP contribution in [0.25, 0.3) is 0 Å². The van der Waals surface area contributed by atoms with Crippen LogP contribution in [0.4, 0.5) is 0 Å². The van der Waals surface area contributed by atoms with Gasteiger partial charge in [-0.15, -0.1) is 0 Å². The molecular formula is C13H15ClN2O3. The largest absolute Gasteiger partial charge is 0.493 e. The Morgan fingerprint density at radius 3 is 2.74 bits per heavy atom. The standard InChI is InChI=1S/C13H15ClN2O3/c1-17-12-6-9(5-11(14)13(12)18-2)7-15-8-10-3-4-19-16-10/h3-6,15H,7-8H2,1-2H3. The average molecular weight is 283 g/mol. The molecule has 0 bridgehead atoms. The smallest absolute Gasteiger partial charge is 0.179 e. The Morgan fingerprint density at radius 1 is 1.26 bits per heavy atom. The van der Waals surface area contributed by atoms with Crippen LogP contribution < -0.4 is 14.8 Å². The van der Waals surface area contributed by atoms with E-state index in [2.05, 4.69) is 10.5 Å². The number of ether oxygens (including phenoxy) is 2. The molecule has 1 aromatic heterocycles. The summed E-state index contributed by atoms with van der Waals surface area (Å²) in [5.74, 6) is 1.16. The number of hydrogen-bond acceptors (Lipinski definition) is 5. The minimum Gasteiger partial charge on any atom is -0.493 e. The van der Waals surface area contributed by atoms with Crippen molar-refractivity contribution in [2.75, 3.05) is 14.2 Å². The maximum atomic E-state index is 6.13. The molecule has 1 N–H and O–H groups in total. The first kappa shape index (κ1) is 13.7. The van der Waals surface area contributed by atoms with Gasteiger partial charge in [-0.2, -0.15) is 0 Å². The van der Waals surface area contributed by atoms with E-state index in [1.165, 1.54) is 0 Å². The number of nitrogens with zero attached hydrogens (tertiary/aromatic N) is 1. The molecule has 0 saturated carbocycles. The number of nitrogens with one attached hydrogen (secondary N) is 1. The minimum absolute atomic E-state index is 0.528. The molecule has 0 aliphatic heterocycles. The van der Waals surface area contributed by atoms with Gasteiger partial charge in [0.25, 0.3) is 0 Å². The van der Waals surface area contributed by atoms with E-state index in [1.54, 1.807) is 20.5 Å². The molecule has 0 fully saturated rings. The van der Waals surface area contributed by atoms with Gasteiger partial charge >= 0.3 is 0 Å². The van der Waals surface area contributed by atoms with Crippen LogP contribution in [0.2, 0.25) is 5.02 Å². The molecule has 0 spiro atoms. The van der Waals surface area contributed by atoms with Crippen molar-refractivity contribution in [3.63, 3.8) is 0 Å². The van der Waals surface area contributed by atoms with E-state index in [0.29, 0.717) is 29.6 Å². The first-order valence-corrected chi connectivity index (χ1v) is 6.12. The zero-order valence-corrected chi connectivity index (χ0v) is 11.5. The number of halogens is 1. The third-order valence-corrected chi connectivity index (χ3v) is 2.90. The maximum absolute atomic E-state index is 6.13. The summed E-state index contributed by atoms with van der Waals surface area (Å²) in [6.07, 6.45) is 1.55. The van der Waals surface area contributed by atoms with E-state index >= 15 is 0 Å². The van der Waals surface area contributed by atoms with Crippen molar-refractivity contribution >= 4 is 11.6 Å². The van der Waals surface area contributed by atoms with E-state index in [-0.39, 0.29) is 0 Å². The lowest BCUT2D eigenvalue weighted by Crippen LogP contribution is -2.13. The fourth-order valence-corrected chi connectivity index (χ4v) is 2.05. The maximum Gasteiger partial charge on any atom is 0.179 e. The quantitative estimate of drug-likeness (QED) is 0.883. The minimum atomic E-state index is 0.528. The average Bonchev–Trinajstić information content (AvgIpc) is 2.91. The van der Waals surface area contributed by atoms with E-state index in [9.17, 15) is 0 Å². The van der Waals surface area contributed by atoms with Crippen molar-refractivity contribution in [3.8, 4) is 11.5 Å². The van der Waals surface area contributed by atoms with Gasteiger partial charge in [0.15, 0.2) is 11.5 Å². The predicted molar refractivity (Wildman–Crippen MR) is 71.6 cm³/mol. The molecule has 19 heavy (non-hydrogen) atoms. The van der Waals surface area contributed by atoms with E-state index in [1.807, 2.05) is 18.2 Å². The Balaban J connectivity index is 2.02. The second-order valence-corrected chi connectivity index (χ2v) is 4.31. The Labute approximate surface area is 116 Å². The van der Waals surface area contributed by atoms with Crippen molar-refractivity contribution in [2.45, 2.75) is 13.1 Å². The summed E-state index contributed by atoms with van der Waals surface area (Å²) in [5.41, 5.74) is 1.86. The van der Waals surface area contributed by atoms with Crippen molar-refractivity contribution in [3.05, 3.63) is 40.7 Å². The van der Waals surface area contributed by atoms with Crippen molar-refractivity contribution in [1.29, 1.82) is 0 Å². The monoisotopic (exact) mass is 282 g/mol. The molecule has 0 saturated heterocycles. The van der Waals surface area contributed by atoms with Gasteiger partial charge in [0.1, 0.15) is 6.26 Å². The number of methoxy groups -OCH3 is 2. The third-order valence-electron chi connectivity index (χ3n) is 2.62. The summed E-state index contributed by atoms with van der Waals surface area (Å²) >= 11 is 6.13. The van der Waals surface area contributed by atoms with Crippen LogP contribution in [-0.4, -0.2) is 19.4 Å². The molecular weight excluding hydrogens is 268 g/mol. The lowest BCUT2D eigenvalue weighted by molar-refractivity contribution is 0.354. The highest BCUT2D eigenvalue weighted by molar-refractivity contribution is 6.32. The van der Waals surface area contributed by atoms with Gasteiger partial charge in [0.05, 0.1) is 24.9 Å². The van der Waals surface area contributed by atoms with Crippen LogP contribution in [0.1, 0.15) is 11.3 Å². The van der Waals surface area contributed by atoms with Crippen LogP contribution in [-0.2, 0) is 13.1 Å². The third kappa shape index (κ3) is 3.39. The number of benzene rings is 1. The van der Waals surface area contributed by atoms with Gasteiger partial charge < -0.3 is 19.3 Å². The van der Waals surface area contributed by atoms with Gasteiger partial charge in [0, 0.05) is 19.2 Å². The molecule has 5 nitrogen and oxygen atoms in total. The molecule has 2 aromatic rings. The van der Waals surface area contributed by atoms with Gasteiger partial charge in [-0.25, -0.2) is 0 Å². The van der Waals surface area contributed by atoms with Crippen LogP contribution >= 0.6 is 11.6 Å². The summed E-state index contributed by atoms with van der Waals surface area (Å²) in [6.45, 7) is 1.27. The Bertz CT molecular complexity index is 529. The molecule has 102 valence electrons. The first-order chi connectivity index (χ1) is 9.24. The number of aromatic nitrogens is 1. The van der Waals surface area contributed by atoms with Gasteiger partial charge in [-0.3, -0.25) is 0 Å². The van der Waals surface area contributed by atoms with E-state index < -0.39 is 0 Å². The highest BCUT2D eigenvalue weighted by Gasteiger charge is 2.10. The second-order valence-electron chi connectivity index (χ2n) is 3.91. The van der Waals surface area contributed by atoms with Gasteiger partial charge in [-0.05, 0) is 17.7 Å². The summed E-state index contributed by atoms with van der Waals surface area (Å²) in [6, 6.07) is 5.55. The molecule has 1 heterocycles. The molecule has 0 unspecified atom stereocenters. The lowest BCUT2D eigenvalue weighted by Gasteiger charge is -2.12. The summed E-state index contributed by atoms with van der Waals surface area (Å²) in [7, 11) is 3.15. The highest BCUT2D eigenvalue weighted by Crippen LogP contribution is 2.35. The SMILES string of the molecule is COc1cc(CNCc2ccon2)cc(Cl)c1OC. The highest BCUT2D eigenvalue weighted by atomic mass is 35.5. The molecule has 2 rings (SSSR count). The van der Waals surface area contributed by atoms with E-state index in [4.69, 9.17) is 25.6 Å². The molecule has 0 amide bonds. The van der Waals surface area contributed by atoms with Crippen LogP contribution in [0.15, 0.2) is 29.0 Å². The van der Waals surface area contributed by atoms with Crippen LogP contribution in [0, 0.1) is 0 Å². The summed E-state index contributed by atoms with van der Waals surface area (Å²) < 4.78 is 15.2. The summed E-state index contributed by atoms with van der Waals surface area (Å²) in [5, 5.41) is 7.59. The molecule has 6 heteroatoms. The fraction of sp³-hybridized carbons (Fsp3) is 0.308. The summed E-state index contributed by atoms with van der Waals surface area (Å²) in [4.78, 5) is 0. The topological polar surface area (TPSA) is 56.5 Å². The number of rotatable bonds is 6. The molecule has 0 radical (unpaired) electrons. The molecule has 0 atom stereocenters. The Kier molecular flexibility index (Phi) is 4.65. The molecule has 0 aliphatic carbocycles. The van der Waals surface area contributed by atoms with E-state index in [0.717, 1.165) is 11.3 Å². The Morgan fingerprint density at radius 2 is 2.11 bits per heavy atom. The predicted octanol–water partition coefficient (Wildman–Crippen LogP) is 2.64. The second kappa shape index (κ2) is 6.45. The fourth-order valence-electron chi connectivity index (χ4n) is 1.74. The Hall–Kier alpha value is -1.72.